The van der Waals surface area contributed by atoms with Gasteiger partial charge < -0.3 is 9.47 Å². The monoisotopic (exact) mass is 327 g/mol. The van der Waals surface area contributed by atoms with Crippen LogP contribution in [0, 0.1) is 5.82 Å². The number of nitrogens with zero attached hydrogens (tertiary/aromatic N) is 1. The van der Waals surface area contributed by atoms with Gasteiger partial charge in [-0.2, -0.15) is 0 Å². The zero-order chi connectivity index (χ0) is 17.2. The summed E-state index contributed by atoms with van der Waals surface area (Å²) >= 11 is 0. The highest BCUT2D eigenvalue weighted by Gasteiger charge is 2.55. The molecule has 0 amide bonds. The van der Waals surface area contributed by atoms with Crippen LogP contribution in [0.4, 0.5) is 4.39 Å². The van der Waals surface area contributed by atoms with E-state index in [0.717, 1.165) is 12.1 Å². The topological polar surface area (TPSA) is 65.0 Å². The van der Waals surface area contributed by atoms with Crippen LogP contribution < -0.4 is 0 Å². The van der Waals surface area contributed by atoms with Crippen molar-refractivity contribution in [1.82, 2.24) is 0 Å². The molecule has 1 heterocycles. The van der Waals surface area contributed by atoms with Gasteiger partial charge in [-0.15, -0.1) is 0 Å². The summed E-state index contributed by atoms with van der Waals surface area (Å²) < 4.78 is 23.5. The van der Waals surface area contributed by atoms with Gasteiger partial charge in [0, 0.05) is 11.1 Å². The summed E-state index contributed by atoms with van der Waals surface area (Å²) in [5, 5.41) is 0. The quantitative estimate of drug-likeness (QED) is 0.639. The molecule has 1 aliphatic rings. The third-order valence-electron chi connectivity index (χ3n) is 3.61. The van der Waals surface area contributed by atoms with Gasteiger partial charge in [-0.05, 0) is 31.2 Å². The van der Waals surface area contributed by atoms with Gasteiger partial charge in [-0.25, -0.2) is 19.0 Å². The average molecular weight is 327 g/mol. The highest BCUT2D eigenvalue weighted by Crippen LogP contribution is 2.35. The van der Waals surface area contributed by atoms with E-state index in [0.29, 0.717) is 5.56 Å². The van der Waals surface area contributed by atoms with E-state index >= 15 is 0 Å². The van der Waals surface area contributed by atoms with Crippen LogP contribution in [0.25, 0.3) is 0 Å². The first kappa shape index (κ1) is 15.9. The van der Waals surface area contributed by atoms with Crippen LogP contribution in [0.1, 0.15) is 18.1 Å². The predicted octanol–water partition coefficient (Wildman–Crippen LogP) is 2.59. The molecule has 5 nitrogen and oxygen atoms in total. The number of rotatable bonds is 4. The van der Waals surface area contributed by atoms with Gasteiger partial charge in [-0.1, -0.05) is 30.3 Å². The van der Waals surface area contributed by atoms with Crippen molar-refractivity contribution in [1.29, 1.82) is 0 Å². The molecule has 1 atom stereocenters. The van der Waals surface area contributed by atoms with Gasteiger partial charge in [0.2, 0.25) is 5.90 Å². The van der Waals surface area contributed by atoms with Gasteiger partial charge in [-0.3, -0.25) is 0 Å². The smallest absolute Gasteiger partial charge is 0.357 e. The molecule has 0 aromatic heterocycles. The first-order valence-electron chi connectivity index (χ1n) is 7.38. The first-order chi connectivity index (χ1) is 11.6. The van der Waals surface area contributed by atoms with Gasteiger partial charge in [0.15, 0.2) is 0 Å². The molecule has 2 aromatic carbocycles. The number of cyclic esters (lactones) is 1. The molecule has 122 valence electrons. The van der Waals surface area contributed by atoms with Crippen molar-refractivity contribution in [2.45, 2.75) is 12.5 Å². The zero-order valence-electron chi connectivity index (χ0n) is 12.9. The molecule has 0 spiro atoms. The standard InChI is InChI=1S/C18H14FNO4/c1-2-23-16(21)18(13-8-10-14(19)11-9-13)17(22)24-15(20-18)12-6-4-3-5-7-12/h3-11H,2H2,1H3. The maximum Gasteiger partial charge on any atom is 0.357 e. The Kier molecular flexibility index (Phi) is 4.12. The minimum Gasteiger partial charge on any atom is -0.463 e. The molecule has 0 N–H and O–H groups in total. The van der Waals surface area contributed by atoms with E-state index in [9.17, 15) is 14.0 Å². The van der Waals surface area contributed by atoms with Gasteiger partial charge >= 0.3 is 11.9 Å². The van der Waals surface area contributed by atoms with Crippen molar-refractivity contribution in [3.8, 4) is 0 Å². The summed E-state index contributed by atoms with van der Waals surface area (Å²) in [6, 6.07) is 13.7. The van der Waals surface area contributed by atoms with E-state index in [1.807, 2.05) is 0 Å². The number of benzene rings is 2. The Morgan fingerprint density at radius 2 is 1.83 bits per heavy atom. The Morgan fingerprint density at radius 1 is 1.17 bits per heavy atom. The largest absolute Gasteiger partial charge is 0.463 e. The molecule has 0 saturated carbocycles. The van der Waals surface area contributed by atoms with Crippen molar-refractivity contribution in [3.05, 3.63) is 71.5 Å². The van der Waals surface area contributed by atoms with Crippen molar-refractivity contribution >= 4 is 17.8 Å². The maximum absolute atomic E-state index is 13.2. The summed E-state index contributed by atoms with van der Waals surface area (Å²) in [4.78, 5) is 29.3. The van der Waals surface area contributed by atoms with Crippen molar-refractivity contribution in [3.63, 3.8) is 0 Å². The third-order valence-corrected chi connectivity index (χ3v) is 3.61. The minimum absolute atomic E-state index is 0.0259. The fraction of sp³-hybridized carbons (Fsp3) is 0.167. The molecule has 0 saturated heterocycles. The van der Waals surface area contributed by atoms with Crippen LogP contribution in [-0.4, -0.2) is 24.4 Å². The number of hydrogen-bond donors (Lipinski definition) is 0. The fourth-order valence-electron chi connectivity index (χ4n) is 2.44. The number of esters is 2. The Morgan fingerprint density at radius 3 is 2.46 bits per heavy atom. The number of carbonyl (C=O) groups excluding carboxylic acids is 2. The molecule has 24 heavy (non-hydrogen) atoms. The Labute approximate surface area is 137 Å². The number of carbonyl (C=O) groups is 2. The van der Waals surface area contributed by atoms with E-state index in [1.54, 1.807) is 37.3 Å². The zero-order valence-corrected chi connectivity index (χ0v) is 12.9. The number of hydrogen-bond acceptors (Lipinski definition) is 5. The summed E-state index contributed by atoms with van der Waals surface area (Å²) in [5.41, 5.74) is -1.23. The van der Waals surface area contributed by atoms with E-state index in [-0.39, 0.29) is 18.1 Å². The highest BCUT2D eigenvalue weighted by atomic mass is 19.1. The maximum atomic E-state index is 13.2. The van der Waals surface area contributed by atoms with Crippen LogP contribution in [-0.2, 0) is 24.6 Å². The number of halogens is 1. The molecule has 1 aliphatic heterocycles. The van der Waals surface area contributed by atoms with Gasteiger partial charge in [0.1, 0.15) is 5.82 Å². The molecule has 0 radical (unpaired) electrons. The molecule has 6 heteroatoms. The van der Waals surface area contributed by atoms with E-state index in [1.165, 1.54) is 12.1 Å². The summed E-state index contributed by atoms with van der Waals surface area (Å²) in [6.45, 7) is 1.70. The molecule has 0 bridgehead atoms. The molecule has 0 fully saturated rings. The van der Waals surface area contributed by atoms with Gasteiger partial charge in [0.25, 0.3) is 5.54 Å². The lowest BCUT2D eigenvalue weighted by Gasteiger charge is -2.20. The Balaban J connectivity index is 2.14. The number of ether oxygens (including phenoxy) is 2. The van der Waals surface area contributed by atoms with Crippen LogP contribution >= 0.6 is 0 Å². The van der Waals surface area contributed by atoms with E-state index in [4.69, 9.17) is 9.47 Å². The van der Waals surface area contributed by atoms with Crippen molar-refractivity contribution in [2.75, 3.05) is 6.61 Å². The summed E-state index contributed by atoms with van der Waals surface area (Å²) in [7, 11) is 0. The second kappa shape index (κ2) is 6.23. The van der Waals surface area contributed by atoms with E-state index < -0.39 is 23.3 Å². The SMILES string of the molecule is CCOC(=O)C1(c2ccc(F)cc2)N=C(c2ccccc2)OC1=O. The van der Waals surface area contributed by atoms with Crippen molar-refractivity contribution < 1.29 is 23.5 Å². The summed E-state index contributed by atoms with van der Waals surface area (Å²) in [5.74, 6) is -2.19. The lowest BCUT2D eigenvalue weighted by Crippen LogP contribution is -2.41. The number of aliphatic imine (C=N–C) groups is 1. The Hall–Kier alpha value is -3.02. The minimum atomic E-state index is -1.98. The Bertz CT molecular complexity index is 802. The third kappa shape index (κ3) is 2.56. The first-order valence-corrected chi connectivity index (χ1v) is 7.38. The van der Waals surface area contributed by atoms with Gasteiger partial charge in [0.05, 0.1) is 6.61 Å². The fourth-order valence-corrected chi connectivity index (χ4v) is 2.44. The van der Waals surface area contributed by atoms with Crippen LogP contribution in [0.15, 0.2) is 59.6 Å². The second-order valence-electron chi connectivity index (χ2n) is 5.11. The average Bonchev–Trinajstić information content (AvgIpc) is 2.95. The molecular formula is C18H14FNO4. The van der Waals surface area contributed by atoms with Crippen LogP contribution in [0.5, 0.6) is 0 Å². The predicted molar refractivity (Wildman–Crippen MR) is 83.8 cm³/mol. The molecule has 3 rings (SSSR count). The second-order valence-corrected chi connectivity index (χ2v) is 5.11. The summed E-state index contributed by atoms with van der Waals surface area (Å²) in [6.07, 6.45) is 0. The van der Waals surface area contributed by atoms with Crippen LogP contribution in [0.2, 0.25) is 0 Å². The normalized spacial score (nSPS) is 19.6. The van der Waals surface area contributed by atoms with Crippen molar-refractivity contribution in [2.24, 2.45) is 4.99 Å². The lowest BCUT2D eigenvalue weighted by molar-refractivity contribution is -0.158. The lowest BCUT2D eigenvalue weighted by atomic mass is 9.91. The van der Waals surface area contributed by atoms with Crippen LogP contribution in [0.3, 0.4) is 0 Å². The molecule has 0 aliphatic carbocycles. The van der Waals surface area contributed by atoms with E-state index in [2.05, 4.69) is 4.99 Å². The highest BCUT2D eigenvalue weighted by molar-refractivity contribution is 6.17. The molecule has 1 unspecified atom stereocenters. The molecular weight excluding hydrogens is 313 g/mol. The molecule has 2 aromatic rings.